The first kappa shape index (κ1) is 12.5. The molecule has 1 unspecified atom stereocenters. The lowest BCUT2D eigenvalue weighted by atomic mass is 9.80. The highest BCUT2D eigenvalue weighted by Gasteiger charge is 2.31. The van der Waals surface area contributed by atoms with Crippen LogP contribution in [0.15, 0.2) is 4.52 Å². The van der Waals surface area contributed by atoms with E-state index in [0.29, 0.717) is 23.7 Å². The van der Waals surface area contributed by atoms with E-state index in [2.05, 4.69) is 10.1 Å². The number of rotatable bonds is 6. The largest absolute Gasteiger partial charge is 0.378 e. The first-order valence-electron chi connectivity index (χ1n) is 6.42. The van der Waals surface area contributed by atoms with Crippen LogP contribution in [0.5, 0.6) is 0 Å². The molecule has 2 rings (SSSR count). The Morgan fingerprint density at radius 2 is 2.24 bits per heavy atom. The molecule has 1 aromatic heterocycles. The van der Waals surface area contributed by atoms with Crippen LogP contribution >= 0.6 is 0 Å². The zero-order valence-electron chi connectivity index (χ0n) is 10.6. The van der Waals surface area contributed by atoms with Crippen molar-refractivity contribution in [2.75, 3.05) is 6.61 Å². The van der Waals surface area contributed by atoms with Crippen LogP contribution in [-0.4, -0.2) is 22.9 Å². The smallest absolute Gasteiger partial charge is 0.226 e. The number of aromatic nitrogens is 2. The highest BCUT2D eigenvalue weighted by atomic mass is 16.5. The van der Waals surface area contributed by atoms with Gasteiger partial charge in [-0.05, 0) is 32.1 Å². The van der Waals surface area contributed by atoms with Gasteiger partial charge >= 0.3 is 0 Å². The van der Waals surface area contributed by atoms with Crippen LogP contribution in [0, 0.1) is 5.92 Å². The second kappa shape index (κ2) is 5.60. The highest BCUT2D eigenvalue weighted by Crippen LogP contribution is 2.32. The Kier molecular flexibility index (Phi) is 4.12. The van der Waals surface area contributed by atoms with Crippen LogP contribution in [0.2, 0.25) is 0 Å². The molecule has 0 radical (unpaired) electrons. The van der Waals surface area contributed by atoms with Crippen LogP contribution in [-0.2, 0) is 11.2 Å². The molecule has 5 heteroatoms. The first-order valence-corrected chi connectivity index (χ1v) is 6.42. The quantitative estimate of drug-likeness (QED) is 0.819. The third kappa shape index (κ3) is 3.04. The Bertz CT molecular complexity index is 347. The molecule has 5 nitrogen and oxygen atoms in total. The average Bonchev–Trinajstić information content (AvgIpc) is 2.74. The molecule has 0 bridgehead atoms. The summed E-state index contributed by atoms with van der Waals surface area (Å²) in [5.74, 6) is 1.96. The van der Waals surface area contributed by atoms with Gasteiger partial charge in [0.05, 0.1) is 12.1 Å². The summed E-state index contributed by atoms with van der Waals surface area (Å²) in [6.45, 7) is 4.84. The molecular formula is C12H21N3O2. The van der Waals surface area contributed by atoms with Gasteiger partial charge in [-0.25, -0.2) is 0 Å². The van der Waals surface area contributed by atoms with Crippen LogP contribution in [0.4, 0.5) is 0 Å². The Morgan fingerprint density at radius 1 is 1.47 bits per heavy atom. The Labute approximate surface area is 102 Å². The van der Waals surface area contributed by atoms with E-state index >= 15 is 0 Å². The van der Waals surface area contributed by atoms with Gasteiger partial charge in [-0.15, -0.1) is 0 Å². The van der Waals surface area contributed by atoms with Crippen molar-refractivity contribution in [3.05, 3.63) is 11.7 Å². The zero-order valence-corrected chi connectivity index (χ0v) is 10.6. The fraction of sp³-hybridized carbons (Fsp3) is 0.833. The number of ether oxygens (including phenoxy) is 1. The third-order valence-electron chi connectivity index (χ3n) is 3.31. The average molecular weight is 239 g/mol. The molecule has 1 fully saturated rings. The standard InChI is InChI=1S/C12H21N3O2/c1-3-10(13)12-14-11(17-15-12)7-8-5-9(6-8)16-4-2/h8-10H,3-7,13H2,1-2H3. The van der Waals surface area contributed by atoms with Gasteiger partial charge in [-0.3, -0.25) is 0 Å². The van der Waals surface area contributed by atoms with E-state index in [1.165, 1.54) is 0 Å². The van der Waals surface area contributed by atoms with Crippen molar-refractivity contribution >= 4 is 0 Å². The predicted molar refractivity (Wildman–Crippen MR) is 63.4 cm³/mol. The summed E-state index contributed by atoms with van der Waals surface area (Å²) in [5.41, 5.74) is 5.84. The molecule has 96 valence electrons. The van der Waals surface area contributed by atoms with Gasteiger partial charge < -0.3 is 15.0 Å². The van der Waals surface area contributed by atoms with Crippen LogP contribution in [0.3, 0.4) is 0 Å². The monoisotopic (exact) mass is 239 g/mol. The van der Waals surface area contributed by atoms with Crippen molar-refractivity contribution in [1.29, 1.82) is 0 Å². The molecule has 1 aliphatic rings. The van der Waals surface area contributed by atoms with E-state index < -0.39 is 0 Å². The van der Waals surface area contributed by atoms with Crippen LogP contribution < -0.4 is 5.73 Å². The molecule has 0 aliphatic heterocycles. The molecule has 1 atom stereocenters. The molecule has 1 heterocycles. The molecule has 1 aromatic rings. The van der Waals surface area contributed by atoms with Gasteiger partial charge in [0.25, 0.3) is 0 Å². The lowest BCUT2D eigenvalue weighted by Gasteiger charge is -2.33. The normalized spacial score (nSPS) is 25.6. The maximum Gasteiger partial charge on any atom is 0.226 e. The molecule has 0 spiro atoms. The summed E-state index contributed by atoms with van der Waals surface area (Å²) in [4.78, 5) is 4.33. The molecule has 17 heavy (non-hydrogen) atoms. The van der Waals surface area contributed by atoms with Crippen molar-refractivity contribution in [2.45, 2.75) is 51.7 Å². The van der Waals surface area contributed by atoms with Crippen LogP contribution in [0.1, 0.15) is 50.9 Å². The summed E-state index contributed by atoms with van der Waals surface area (Å²) in [7, 11) is 0. The summed E-state index contributed by atoms with van der Waals surface area (Å²) < 4.78 is 10.7. The fourth-order valence-corrected chi connectivity index (χ4v) is 2.14. The minimum Gasteiger partial charge on any atom is -0.378 e. The van der Waals surface area contributed by atoms with Crippen molar-refractivity contribution in [3.8, 4) is 0 Å². The first-order chi connectivity index (χ1) is 8.22. The van der Waals surface area contributed by atoms with Crippen LogP contribution in [0.25, 0.3) is 0 Å². The number of hydrogen-bond donors (Lipinski definition) is 1. The summed E-state index contributed by atoms with van der Waals surface area (Å²) in [6.07, 6.45) is 4.32. The lowest BCUT2D eigenvalue weighted by molar-refractivity contribution is -0.0258. The summed E-state index contributed by atoms with van der Waals surface area (Å²) >= 11 is 0. The molecule has 1 aliphatic carbocycles. The van der Waals surface area contributed by atoms with Crippen molar-refractivity contribution in [3.63, 3.8) is 0 Å². The van der Waals surface area contributed by atoms with Gasteiger partial charge in [-0.2, -0.15) is 4.98 Å². The second-order valence-electron chi connectivity index (χ2n) is 4.68. The van der Waals surface area contributed by atoms with E-state index in [1.807, 2.05) is 13.8 Å². The van der Waals surface area contributed by atoms with E-state index in [0.717, 1.165) is 32.3 Å². The Morgan fingerprint density at radius 3 is 2.88 bits per heavy atom. The molecule has 0 aromatic carbocycles. The molecule has 1 saturated carbocycles. The molecular weight excluding hydrogens is 218 g/mol. The Balaban J connectivity index is 1.79. The predicted octanol–water partition coefficient (Wildman–Crippen LogP) is 1.84. The molecule has 2 N–H and O–H groups in total. The lowest BCUT2D eigenvalue weighted by Crippen LogP contribution is -2.32. The van der Waals surface area contributed by atoms with Crippen molar-refractivity contribution < 1.29 is 9.26 Å². The summed E-state index contributed by atoms with van der Waals surface area (Å²) in [5, 5.41) is 3.91. The van der Waals surface area contributed by atoms with E-state index in [-0.39, 0.29) is 6.04 Å². The van der Waals surface area contributed by atoms with Crippen molar-refractivity contribution in [2.24, 2.45) is 11.7 Å². The third-order valence-corrected chi connectivity index (χ3v) is 3.31. The molecule has 0 amide bonds. The number of nitrogens with two attached hydrogens (primary N) is 1. The fourth-order valence-electron chi connectivity index (χ4n) is 2.14. The maximum atomic E-state index is 5.84. The number of nitrogens with zero attached hydrogens (tertiary/aromatic N) is 2. The molecule has 0 saturated heterocycles. The van der Waals surface area contributed by atoms with E-state index in [1.54, 1.807) is 0 Å². The Hall–Kier alpha value is -0.940. The van der Waals surface area contributed by atoms with Gasteiger partial charge in [0.15, 0.2) is 5.82 Å². The van der Waals surface area contributed by atoms with E-state index in [9.17, 15) is 0 Å². The SMILES string of the molecule is CCOC1CC(Cc2nc(C(N)CC)no2)C1. The second-order valence-corrected chi connectivity index (χ2v) is 4.68. The summed E-state index contributed by atoms with van der Waals surface area (Å²) in [6, 6.07) is -0.106. The van der Waals surface area contributed by atoms with Gasteiger partial charge in [-0.1, -0.05) is 12.1 Å². The maximum absolute atomic E-state index is 5.84. The minimum absolute atomic E-state index is 0.106. The highest BCUT2D eigenvalue weighted by molar-refractivity contribution is 4.95. The number of hydrogen-bond acceptors (Lipinski definition) is 5. The van der Waals surface area contributed by atoms with Gasteiger partial charge in [0, 0.05) is 13.0 Å². The minimum atomic E-state index is -0.106. The topological polar surface area (TPSA) is 74.2 Å². The van der Waals surface area contributed by atoms with E-state index in [4.69, 9.17) is 15.0 Å². The van der Waals surface area contributed by atoms with Gasteiger partial charge in [0.2, 0.25) is 5.89 Å². The van der Waals surface area contributed by atoms with Crippen molar-refractivity contribution in [1.82, 2.24) is 10.1 Å². The van der Waals surface area contributed by atoms with Gasteiger partial charge in [0.1, 0.15) is 0 Å². The zero-order chi connectivity index (χ0) is 12.3.